The van der Waals surface area contributed by atoms with Crippen LogP contribution in [0, 0.1) is 5.92 Å². The molecule has 4 nitrogen and oxygen atoms in total. The number of likely N-dealkylation sites (tertiary alicyclic amines) is 1. The van der Waals surface area contributed by atoms with Crippen LogP contribution in [0.3, 0.4) is 0 Å². The third kappa shape index (κ3) is 3.60. The smallest absolute Gasteiger partial charge is 0.0507 e. The zero-order valence-corrected chi connectivity index (χ0v) is 13.8. The molecule has 4 rings (SSSR count). The maximum absolute atomic E-state index is 5.49. The lowest BCUT2D eigenvalue weighted by molar-refractivity contribution is 0.147. The number of H-pyrrole nitrogens is 1. The van der Waals surface area contributed by atoms with Crippen LogP contribution in [0.15, 0.2) is 30.5 Å². The summed E-state index contributed by atoms with van der Waals surface area (Å²) in [6, 6.07) is 9.35. The predicted octanol–water partition coefficient (Wildman–Crippen LogP) is 2.76. The van der Waals surface area contributed by atoms with Crippen molar-refractivity contribution in [1.82, 2.24) is 15.2 Å². The molecule has 0 amide bonds. The van der Waals surface area contributed by atoms with Crippen LogP contribution < -0.4 is 5.32 Å². The summed E-state index contributed by atoms with van der Waals surface area (Å²) < 4.78 is 5.49. The van der Waals surface area contributed by atoms with Gasteiger partial charge < -0.3 is 19.9 Å². The molecule has 2 aliphatic rings. The maximum atomic E-state index is 5.49. The molecular formula is C19H27N3O. The fourth-order valence-electron chi connectivity index (χ4n) is 3.97. The number of hydrogen-bond acceptors (Lipinski definition) is 3. The molecule has 2 fully saturated rings. The van der Waals surface area contributed by atoms with E-state index in [9.17, 15) is 0 Å². The van der Waals surface area contributed by atoms with Crippen LogP contribution in [-0.4, -0.2) is 48.8 Å². The molecule has 1 aromatic carbocycles. The van der Waals surface area contributed by atoms with E-state index in [4.69, 9.17) is 4.74 Å². The van der Waals surface area contributed by atoms with E-state index in [1.807, 2.05) is 6.20 Å². The molecule has 0 saturated carbocycles. The average Bonchev–Trinajstić information content (AvgIpc) is 3.25. The Morgan fingerprint density at radius 3 is 2.91 bits per heavy atom. The van der Waals surface area contributed by atoms with E-state index in [1.54, 1.807) is 0 Å². The molecule has 0 unspecified atom stereocenters. The third-order valence-corrected chi connectivity index (χ3v) is 5.39. The first-order valence-corrected chi connectivity index (χ1v) is 8.97. The second-order valence-corrected chi connectivity index (χ2v) is 7.04. The van der Waals surface area contributed by atoms with Gasteiger partial charge in [-0.05, 0) is 56.0 Å². The standard InChI is InChI=1S/C19H27N3O/c1-2-16(18-4-8-20-19(18)3-1)12-21-17-5-9-22(10-6-17)13-15-7-11-23-14-15/h1-4,8,15,17,20-21H,5-7,9-14H2/t15-/m1/s1. The molecule has 124 valence electrons. The van der Waals surface area contributed by atoms with Crippen LogP contribution in [0.4, 0.5) is 0 Å². The van der Waals surface area contributed by atoms with Gasteiger partial charge in [0.05, 0.1) is 6.61 Å². The summed E-state index contributed by atoms with van der Waals surface area (Å²) in [6.45, 7) is 6.59. The molecule has 23 heavy (non-hydrogen) atoms. The SMILES string of the molecule is c1cc(CNC2CCN(C[C@H]3CCOC3)CC2)c2cc[nH]c2c1. The molecule has 1 atom stereocenters. The number of fused-ring (bicyclic) bond motifs is 1. The van der Waals surface area contributed by atoms with Gasteiger partial charge in [-0.25, -0.2) is 0 Å². The number of piperidine rings is 1. The highest BCUT2D eigenvalue weighted by molar-refractivity contribution is 5.82. The van der Waals surface area contributed by atoms with Crippen molar-refractivity contribution in [1.29, 1.82) is 0 Å². The van der Waals surface area contributed by atoms with Crippen LogP contribution in [0.1, 0.15) is 24.8 Å². The molecule has 0 spiro atoms. The molecule has 2 aromatic rings. The summed E-state index contributed by atoms with van der Waals surface area (Å²) in [6.07, 6.45) is 5.80. The largest absolute Gasteiger partial charge is 0.381 e. The van der Waals surface area contributed by atoms with E-state index in [0.717, 1.165) is 25.7 Å². The minimum absolute atomic E-state index is 0.653. The van der Waals surface area contributed by atoms with Gasteiger partial charge in [-0.1, -0.05) is 12.1 Å². The van der Waals surface area contributed by atoms with Gasteiger partial charge in [0, 0.05) is 42.8 Å². The number of aromatic nitrogens is 1. The van der Waals surface area contributed by atoms with Crippen LogP contribution >= 0.6 is 0 Å². The Morgan fingerprint density at radius 1 is 1.17 bits per heavy atom. The summed E-state index contributed by atoms with van der Waals surface area (Å²) in [5, 5.41) is 5.11. The van der Waals surface area contributed by atoms with Crippen molar-refractivity contribution in [3.63, 3.8) is 0 Å². The Morgan fingerprint density at radius 2 is 2.09 bits per heavy atom. The number of rotatable bonds is 5. The Kier molecular flexibility index (Phi) is 4.64. The number of benzene rings is 1. The lowest BCUT2D eigenvalue weighted by Crippen LogP contribution is -2.43. The van der Waals surface area contributed by atoms with E-state index in [0.29, 0.717) is 6.04 Å². The van der Waals surface area contributed by atoms with Gasteiger partial charge in [-0.15, -0.1) is 0 Å². The number of nitrogens with zero attached hydrogens (tertiary/aromatic N) is 1. The number of hydrogen-bond donors (Lipinski definition) is 2. The van der Waals surface area contributed by atoms with Crippen molar-refractivity contribution in [3.8, 4) is 0 Å². The zero-order chi connectivity index (χ0) is 15.5. The van der Waals surface area contributed by atoms with Crippen molar-refractivity contribution in [3.05, 3.63) is 36.0 Å². The van der Waals surface area contributed by atoms with Gasteiger partial charge in [-0.3, -0.25) is 0 Å². The molecule has 2 saturated heterocycles. The van der Waals surface area contributed by atoms with E-state index in [1.165, 1.54) is 55.4 Å². The van der Waals surface area contributed by atoms with Crippen LogP contribution in [0.25, 0.3) is 10.9 Å². The van der Waals surface area contributed by atoms with Gasteiger partial charge in [0.15, 0.2) is 0 Å². The zero-order valence-electron chi connectivity index (χ0n) is 13.8. The second-order valence-electron chi connectivity index (χ2n) is 7.04. The van der Waals surface area contributed by atoms with Crippen molar-refractivity contribution in [2.24, 2.45) is 5.92 Å². The molecular weight excluding hydrogens is 286 g/mol. The van der Waals surface area contributed by atoms with E-state index < -0.39 is 0 Å². The molecule has 1 aromatic heterocycles. The van der Waals surface area contributed by atoms with Crippen molar-refractivity contribution >= 4 is 10.9 Å². The molecule has 3 heterocycles. The number of aromatic amines is 1. The maximum Gasteiger partial charge on any atom is 0.0507 e. The topological polar surface area (TPSA) is 40.3 Å². The molecule has 4 heteroatoms. The first-order chi connectivity index (χ1) is 11.4. The van der Waals surface area contributed by atoms with Crippen molar-refractivity contribution in [2.45, 2.75) is 31.8 Å². The fraction of sp³-hybridized carbons (Fsp3) is 0.579. The Labute approximate surface area is 138 Å². The van der Waals surface area contributed by atoms with Crippen LogP contribution in [0.2, 0.25) is 0 Å². The van der Waals surface area contributed by atoms with E-state index in [-0.39, 0.29) is 0 Å². The highest BCUT2D eigenvalue weighted by atomic mass is 16.5. The van der Waals surface area contributed by atoms with E-state index >= 15 is 0 Å². The molecule has 0 bridgehead atoms. The molecule has 0 radical (unpaired) electrons. The lowest BCUT2D eigenvalue weighted by atomic mass is 10.0. The minimum atomic E-state index is 0.653. The minimum Gasteiger partial charge on any atom is -0.381 e. The summed E-state index contributed by atoms with van der Waals surface area (Å²) >= 11 is 0. The van der Waals surface area contributed by atoms with Gasteiger partial charge in [0.25, 0.3) is 0 Å². The summed E-state index contributed by atoms with van der Waals surface area (Å²) in [5.41, 5.74) is 2.63. The highest BCUT2D eigenvalue weighted by Gasteiger charge is 2.23. The molecule has 2 aliphatic heterocycles. The van der Waals surface area contributed by atoms with Crippen molar-refractivity contribution < 1.29 is 4.74 Å². The number of nitrogens with one attached hydrogen (secondary N) is 2. The Hall–Kier alpha value is -1.36. The monoisotopic (exact) mass is 313 g/mol. The number of ether oxygens (including phenoxy) is 1. The van der Waals surface area contributed by atoms with Gasteiger partial charge in [-0.2, -0.15) is 0 Å². The first kappa shape index (κ1) is 15.2. The predicted molar refractivity (Wildman–Crippen MR) is 93.5 cm³/mol. The normalized spacial score (nSPS) is 23.7. The first-order valence-electron chi connectivity index (χ1n) is 8.97. The summed E-state index contributed by atoms with van der Waals surface area (Å²) in [4.78, 5) is 5.92. The third-order valence-electron chi connectivity index (χ3n) is 5.39. The van der Waals surface area contributed by atoms with Crippen LogP contribution in [0.5, 0.6) is 0 Å². The Bertz CT molecular complexity index is 624. The van der Waals surface area contributed by atoms with Crippen molar-refractivity contribution in [2.75, 3.05) is 32.8 Å². The second kappa shape index (κ2) is 7.04. The van der Waals surface area contributed by atoms with Crippen LogP contribution in [-0.2, 0) is 11.3 Å². The lowest BCUT2D eigenvalue weighted by Gasteiger charge is -2.33. The van der Waals surface area contributed by atoms with Gasteiger partial charge >= 0.3 is 0 Å². The summed E-state index contributed by atoms with van der Waals surface area (Å²) in [5.74, 6) is 0.769. The average molecular weight is 313 g/mol. The van der Waals surface area contributed by atoms with E-state index in [2.05, 4.69) is 39.5 Å². The fourth-order valence-corrected chi connectivity index (χ4v) is 3.97. The molecule has 2 N–H and O–H groups in total. The van der Waals surface area contributed by atoms with Gasteiger partial charge in [0.2, 0.25) is 0 Å². The van der Waals surface area contributed by atoms with Gasteiger partial charge in [0.1, 0.15) is 0 Å². The molecule has 0 aliphatic carbocycles. The summed E-state index contributed by atoms with van der Waals surface area (Å²) in [7, 11) is 0. The Balaban J connectivity index is 1.25. The highest BCUT2D eigenvalue weighted by Crippen LogP contribution is 2.20. The quantitative estimate of drug-likeness (QED) is 0.892.